The van der Waals surface area contributed by atoms with Crippen molar-refractivity contribution in [3.8, 4) is 0 Å². The number of carbonyl (C=O) groups excluding carboxylic acids is 1. The van der Waals surface area contributed by atoms with Gasteiger partial charge in [-0.05, 0) is 25.3 Å². The zero-order valence-electron chi connectivity index (χ0n) is 13.7. The third-order valence-electron chi connectivity index (χ3n) is 4.51. The predicted molar refractivity (Wildman–Crippen MR) is 88.1 cm³/mol. The number of hydrogen-bond donors (Lipinski definition) is 2. The van der Waals surface area contributed by atoms with Crippen LogP contribution < -0.4 is 10.6 Å². The lowest BCUT2D eigenvalue weighted by Crippen LogP contribution is -2.34. The fraction of sp³-hybridized carbons (Fsp3) is 0.562. The molecule has 0 spiro atoms. The Kier molecular flexibility index (Phi) is 4.64. The van der Waals surface area contributed by atoms with Gasteiger partial charge in [-0.25, -0.2) is 9.48 Å². The van der Waals surface area contributed by atoms with E-state index in [-0.39, 0.29) is 12.1 Å². The summed E-state index contributed by atoms with van der Waals surface area (Å²) in [4.78, 5) is 12.4. The molecule has 7 heteroatoms. The van der Waals surface area contributed by atoms with Gasteiger partial charge in [-0.2, -0.15) is 10.2 Å². The maximum absolute atomic E-state index is 12.4. The highest BCUT2D eigenvalue weighted by Crippen LogP contribution is 2.31. The number of anilines is 1. The van der Waals surface area contributed by atoms with Gasteiger partial charge in [0.15, 0.2) is 0 Å². The van der Waals surface area contributed by atoms with Gasteiger partial charge in [-0.15, -0.1) is 0 Å². The predicted octanol–water partition coefficient (Wildman–Crippen LogP) is 3.00. The number of aryl methyl sites for hydroxylation is 1. The molecule has 3 rings (SSSR count). The Morgan fingerprint density at radius 3 is 2.70 bits per heavy atom. The van der Waals surface area contributed by atoms with Crippen molar-refractivity contribution in [2.75, 3.05) is 5.32 Å². The molecule has 2 amide bonds. The fourth-order valence-electron chi connectivity index (χ4n) is 3.27. The van der Waals surface area contributed by atoms with Crippen LogP contribution in [0.1, 0.15) is 56.8 Å². The van der Waals surface area contributed by atoms with Gasteiger partial charge in [0.1, 0.15) is 5.82 Å². The molecule has 0 aliphatic heterocycles. The number of rotatable bonds is 5. The highest BCUT2D eigenvalue weighted by molar-refractivity contribution is 5.88. The molecule has 0 radical (unpaired) electrons. The van der Waals surface area contributed by atoms with Gasteiger partial charge in [0, 0.05) is 19.3 Å². The minimum absolute atomic E-state index is 0.0645. The molecule has 2 heterocycles. The number of amides is 2. The summed E-state index contributed by atoms with van der Waals surface area (Å²) in [5, 5.41) is 14.5. The molecule has 0 bridgehead atoms. The van der Waals surface area contributed by atoms with E-state index in [2.05, 4.69) is 20.8 Å². The first-order valence-electron chi connectivity index (χ1n) is 8.28. The molecule has 23 heavy (non-hydrogen) atoms. The Bertz CT molecular complexity index is 655. The van der Waals surface area contributed by atoms with Crippen molar-refractivity contribution in [3.05, 3.63) is 30.2 Å². The highest BCUT2D eigenvalue weighted by Gasteiger charge is 2.21. The smallest absolute Gasteiger partial charge is 0.320 e. The summed E-state index contributed by atoms with van der Waals surface area (Å²) in [6, 6.07) is 3.91. The van der Waals surface area contributed by atoms with E-state index in [1.54, 1.807) is 17.1 Å². The van der Waals surface area contributed by atoms with E-state index in [9.17, 15) is 4.79 Å². The van der Waals surface area contributed by atoms with E-state index in [1.807, 2.05) is 30.8 Å². The third kappa shape index (κ3) is 3.38. The monoisotopic (exact) mass is 316 g/mol. The van der Waals surface area contributed by atoms with E-state index in [1.165, 1.54) is 12.8 Å². The van der Waals surface area contributed by atoms with Crippen LogP contribution in [0.3, 0.4) is 0 Å². The number of carbonyl (C=O) groups is 1. The third-order valence-corrected chi connectivity index (χ3v) is 4.51. The molecule has 1 aliphatic rings. The van der Waals surface area contributed by atoms with E-state index in [0.717, 1.165) is 30.8 Å². The zero-order valence-corrected chi connectivity index (χ0v) is 13.7. The minimum Gasteiger partial charge on any atom is -0.329 e. The Labute approximate surface area is 136 Å². The second kappa shape index (κ2) is 6.85. The Morgan fingerprint density at radius 1 is 1.30 bits per heavy atom. The number of nitrogens with zero attached hydrogens (tertiary/aromatic N) is 4. The molecule has 0 unspecified atom stereocenters. The van der Waals surface area contributed by atoms with Crippen LogP contribution in [0.2, 0.25) is 0 Å². The SMILES string of the molecule is CC[C@H](NC(=O)Nc1ccnn1C1CCCC1)c1ccnn1C. The fourth-order valence-corrected chi connectivity index (χ4v) is 3.27. The Morgan fingerprint density at radius 2 is 2.04 bits per heavy atom. The molecule has 0 aromatic carbocycles. The first-order chi connectivity index (χ1) is 11.2. The molecule has 124 valence electrons. The van der Waals surface area contributed by atoms with Crippen LogP contribution >= 0.6 is 0 Å². The van der Waals surface area contributed by atoms with Crippen LogP contribution in [0.25, 0.3) is 0 Å². The first-order valence-corrected chi connectivity index (χ1v) is 8.28. The van der Waals surface area contributed by atoms with Crippen molar-refractivity contribution >= 4 is 11.8 Å². The first kappa shape index (κ1) is 15.6. The van der Waals surface area contributed by atoms with Gasteiger partial charge < -0.3 is 5.32 Å². The molecule has 2 N–H and O–H groups in total. The summed E-state index contributed by atoms with van der Waals surface area (Å²) in [5.41, 5.74) is 0.993. The van der Waals surface area contributed by atoms with Crippen LogP contribution in [-0.2, 0) is 7.05 Å². The number of urea groups is 1. The summed E-state index contributed by atoms with van der Waals surface area (Å²) in [6.45, 7) is 2.04. The highest BCUT2D eigenvalue weighted by atomic mass is 16.2. The van der Waals surface area contributed by atoms with Crippen molar-refractivity contribution in [3.63, 3.8) is 0 Å². The molecule has 7 nitrogen and oxygen atoms in total. The largest absolute Gasteiger partial charge is 0.329 e. The van der Waals surface area contributed by atoms with Crippen LogP contribution in [-0.4, -0.2) is 25.6 Å². The molecular formula is C16H24N6O. The van der Waals surface area contributed by atoms with Crippen LogP contribution in [0.4, 0.5) is 10.6 Å². The molecule has 2 aromatic heterocycles. The maximum Gasteiger partial charge on any atom is 0.320 e. The molecule has 1 fully saturated rings. The van der Waals surface area contributed by atoms with Gasteiger partial charge >= 0.3 is 6.03 Å². The summed E-state index contributed by atoms with van der Waals surface area (Å²) in [5.74, 6) is 0.759. The summed E-state index contributed by atoms with van der Waals surface area (Å²) < 4.78 is 3.73. The average Bonchev–Trinajstić information content (AvgIpc) is 3.25. The zero-order chi connectivity index (χ0) is 16.2. The van der Waals surface area contributed by atoms with Gasteiger partial charge in [-0.1, -0.05) is 19.8 Å². The molecule has 1 atom stereocenters. The van der Waals surface area contributed by atoms with Crippen molar-refractivity contribution < 1.29 is 4.79 Å². The second-order valence-corrected chi connectivity index (χ2v) is 6.04. The number of hydrogen-bond acceptors (Lipinski definition) is 3. The molecule has 0 saturated heterocycles. The molecule has 2 aromatic rings. The molecule has 1 saturated carbocycles. The van der Waals surface area contributed by atoms with Crippen LogP contribution in [0, 0.1) is 0 Å². The van der Waals surface area contributed by atoms with Crippen LogP contribution in [0.15, 0.2) is 24.5 Å². The van der Waals surface area contributed by atoms with E-state index in [4.69, 9.17) is 0 Å². The van der Waals surface area contributed by atoms with E-state index < -0.39 is 0 Å². The van der Waals surface area contributed by atoms with E-state index in [0.29, 0.717) is 6.04 Å². The van der Waals surface area contributed by atoms with Gasteiger partial charge in [0.05, 0.1) is 24.0 Å². The normalized spacial score (nSPS) is 16.4. The van der Waals surface area contributed by atoms with Gasteiger partial charge in [0.2, 0.25) is 0 Å². The van der Waals surface area contributed by atoms with Crippen molar-refractivity contribution in [1.29, 1.82) is 0 Å². The number of nitrogens with one attached hydrogen (secondary N) is 2. The lowest BCUT2D eigenvalue weighted by Gasteiger charge is -2.19. The Balaban J connectivity index is 1.65. The summed E-state index contributed by atoms with van der Waals surface area (Å²) in [7, 11) is 1.88. The maximum atomic E-state index is 12.4. The lowest BCUT2D eigenvalue weighted by atomic mass is 10.1. The lowest BCUT2D eigenvalue weighted by molar-refractivity contribution is 0.247. The summed E-state index contributed by atoms with van der Waals surface area (Å²) in [6.07, 6.45) is 9.01. The number of aromatic nitrogens is 4. The van der Waals surface area contributed by atoms with Crippen molar-refractivity contribution in [1.82, 2.24) is 24.9 Å². The topological polar surface area (TPSA) is 76.8 Å². The van der Waals surface area contributed by atoms with Crippen molar-refractivity contribution in [2.45, 2.75) is 51.1 Å². The summed E-state index contributed by atoms with van der Waals surface area (Å²) >= 11 is 0. The molecule has 1 aliphatic carbocycles. The van der Waals surface area contributed by atoms with Gasteiger partial charge in [-0.3, -0.25) is 10.00 Å². The van der Waals surface area contributed by atoms with Crippen molar-refractivity contribution in [2.24, 2.45) is 7.05 Å². The Hall–Kier alpha value is -2.31. The van der Waals surface area contributed by atoms with Gasteiger partial charge in [0.25, 0.3) is 0 Å². The van der Waals surface area contributed by atoms with Crippen LogP contribution in [0.5, 0.6) is 0 Å². The minimum atomic E-state index is -0.210. The second-order valence-electron chi connectivity index (χ2n) is 6.04. The standard InChI is InChI=1S/C16H24N6O/c1-3-13(14-8-10-17-21(14)2)19-16(23)20-15-9-11-18-22(15)12-6-4-5-7-12/h8-13H,3-7H2,1-2H3,(H2,19,20,23)/t13-/m0/s1. The average molecular weight is 316 g/mol. The quantitative estimate of drug-likeness (QED) is 0.890. The molecular weight excluding hydrogens is 292 g/mol. The van der Waals surface area contributed by atoms with E-state index >= 15 is 0 Å².